The van der Waals surface area contributed by atoms with E-state index >= 15 is 0 Å². The summed E-state index contributed by atoms with van der Waals surface area (Å²) in [5.74, 6) is 0.305. The Hall–Kier alpha value is -2.08. The van der Waals surface area contributed by atoms with E-state index in [1.54, 1.807) is 25.3 Å². The Kier molecular flexibility index (Phi) is 6.85. The molecule has 0 unspecified atom stereocenters. The largest absolute Gasteiger partial charge is 0.496 e. The highest BCUT2D eigenvalue weighted by Crippen LogP contribution is 2.32. The van der Waals surface area contributed by atoms with E-state index in [-0.39, 0.29) is 24.8 Å². The lowest BCUT2D eigenvalue weighted by atomic mass is 10.1. The van der Waals surface area contributed by atoms with Crippen molar-refractivity contribution in [3.8, 4) is 11.5 Å². The molecule has 0 spiro atoms. The summed E-state index contributed by atoms with van der Waals surface area (Å²) in [4.78, 5) is 21.8. The molecule has 0 fully saturated rings. The molecule has 0 aliphatic carbocycles. The van der Waals surface area contributed by atoms with Gasteiger partial charge < -0.3 is 18.9 Å². The van der Waals surface area contributed by atoms with Crippen LogP contribution in [-0.4, -0.2) is 31.8 Å². The first-order valence-electron chi connectivity index (χ1n) is 6.98. The Morgan fingerprint density at radius 1 is 1.14 bits per heavy atom. The fourth-order valence-electron chi connectivity index (χ4n) is 1.96. The fraction of sp³-hybridized carbons (Fsp3) is 0.500. The molecule has 6 nitrogen and oxygen atoms in total. The topological polar surface area (TPSA) is 71.1 Å². The summed E-state index contributed by atoms with van der Waals surface area (Å²) in [5, 5.41) is 0. The highest BCUT2D eigenvalue weighted by molar-refractivity contribution is 5.69. The molecule has 0 aromatic heterocycles. The van der Waals surface area contributed by atoms with E-state index < -0.39 is 5.97 Å². The zero-order valence-corrected chi connectivity index (χ0v) is 13.5. The summed E-state index contributed by atoms with van der Waals surface area (Å²) in [6.45, 7) is 6.51. The Morgan fingerprint density at radius 3 is 2.36 bits per heavy atom. The smallest absolute Gasteiger partial charge is 0.308 e. The Morgan fingerprint density at radius 2 is 1.82 bits per heavy atom. The maximum atomic E-state index is 11.0. The number of methoxy groups -OCH3 is 1. The van der Waals surface area contributed by atoms with Gasteiger partial charge in [0.25, 0.3) is 0 Å². The Balaban J connectivity index is 2.82. The second-order valence-corrected chi connectivity index (χ2v) is 4.89. The van der Waals surface area contributed by atoms with Crippen molar-refractivity contribution in [1.82, 2.24) is 0 Å². The summed E-state index contributed by atoms with van der Waals surface area (Å²) < 4.78 is 21.1. The maximum Gasteiger partial charge on any atom is 0.308 e. The molecule has 0 saturated carbocycles. The van der Waals surface area contributed by atoms with Crippen molar-refractivity contribution in [2.24, 2.45) is 0 Å². The molecule has 1 aromatic carbocycles. The van der Waals surface area contributed by atoms with Gasteiger partial charge in [-0.15, -0.1) is 0 Å². The average molecular weight is 310 g/mol. The standard InChI is InChI=1S/C16H22O6/c1-10(9-20-12(3)17)21-11(2)15-8-14(22-13(4)18)6-7-16(15)19-5/h6-8,10-11H,9H2,1-5H3/t10-,11+/m0/s1. The van der Waals surface area contributed by atoms with Crippen LogP contribution in [0.4, 0.5) is 0 Å². The number of ether oxygens (including phenoxy) is 4. The van der Waals surface area contributed by atoms with Crippen molar-refractivity contribution in [2.45, 2.75) is 39.9 Å². The van der Waals surface area contributed by atoms with E-state index in [4.69, 9.17) is 18.9 Å². The van der Waals surface area contributed by atoms with Gasteiger partial charge >= 0.3 is 11.9 Å². The van der Waals surface area contributed by atoms with Gasteiger partial charge in [-0.3, -0.25) is 9.59 Å². The molecule has 0 heterocycles. The quantitative estimate of drug-likeness (QED) is 0.569. The van der Waals surface area contributed by atoms with Gasteiger partial charge in [0, 0.05) is 19.4 Å². The molecular weight excluding hydrogens is 288 g/mol. The molecule has 122 valence electrons. The molecule has 1 rings (SSSR count). The predicted octanol–water partition coefficient (Wildman–Crippen LogP) is 2.65. The van der Waals surface area contributed by atoms with Crippen LogP contribution in [0.2, 0.25) is 0 Å². The van der Waals surface area contributed by atoms with Gasteiger partial charge in [-0.05, 0) is 32.0 Å². The van der Waals surface area contributed by atoms with Crippen LogP contribution in [0.15, 0.2) is 18.2 Å². The molecule has 0 amide bonds. The van der Waals surface area contributed by atoms with Crippen molar-refractivity contribution in [3.05, 3.63) is 23.8 Å². The number of hydrogen-bond donors (Lipinski definition) is 0. The van der Waals surface area contributed by atoms with Crippen molar-refractivity contribution >= 4 is 11.9 Å². The summed E-state index contributed by atoms with van der Waals surface area (Å²) in [6, 6.07) is 5.06. The minimum atomic E-state index is -0.395. The zero-order valence-electron chi connectivity index (χ0n) is 13.5. The number of carbonyl (C=O) groups is 2. The van der Waals surface area contributed by atoms with E-state index in [0.717, 1.165) is 5.56 Å². The number of benzene rings is 1. The van der Waals surface area contributed by atoms with Crippen molar-refractivity contribution in [1.29, 1.82) is 0 Å². The Bertz CT molecular complexity index is 525. The second-order valence-electron chi connectivity index (χ2n) is 4.89. The van der Waals surface area contributed by atoms with Crippen LogP contribution in [0.3, 0.4) is 0 Å². The molecule has 2 atom stereocenters. The molecule has 22 heavy (non-hydrogen) atoms. The average Bonchev–Trinajstić information content (AvgIpc) is 2.44. The third kappa shape index (κ3) is 5.73. The van der Waals surface area contributed by atoms with Crippen LogP contribution in [0.1, 0.15) is 39.4 Å². The van der Waals surface area contributed by atoms with Gasteiger partial charge in [0.05, 0.1) is 19.3 Å². The highest BCUT2D eigenvalue weighted by atomic mass is 16.6. The summed E-state index contributed by atoms with van der Waals surface area (Å²) in [6.07, 6.45) is -0.600. The molecule has 0 radical (unpaired) electrons. The molecule has 0 aliphatic heterocycles. The van der Waals surface area contributed by atoms with Crippen LogP contribution < -0.4 is 9.47 Å². The lowest BCUT2D eigenvalue weighted by molar-refractivity contribution is -0.146. The van der Waals surface area contributed by atoms with Gasteiger partial charge in [-0.25, -0.2) is 0 Å². The van der Waals surface area contributed by atoms with Crippen molar-refractivity contribution in [3.63, 3.8) is 0 Å². The maximum absolute atomic E-state index is 11.0. The first-order chi connectivity index (χ1) is 10.3. The Labute approximate surface area is 130 Å². The molecule has 1 aromatic rings. The van der Waals surface area contributed by atoms with E-state index in [1.807, 2.05) is 13.8 Å². The first-order valence-corrected chi connectivity index (χ1v) is 6.98. The zero-order chi connectivity index (χ0) is 16.7. The molecule has 0 N–H and O–H groups in total. The first kappa shape index (κ1) is 18.0. The molecule has 0 aliphatic rings. The van der Waals surface area contributed by atoms with E-state index in [9.17, 15) is 9.59 Å². The van der Waals surface area contributed by atoms with Gasteiger partial charge in [0.15, 0.2) is 0 Å². The lowest BCUT2D eigenvalue weighted by Gasteiger charge is -2.21. The van der Waals surface area contributed by atoms with Gasteiger partial charge in [-0.1, -0.05) is 0 Å². The fourth-order valence-corrected chi connectivity index (χ4v) is 1.96. The SMILES string of the molecule is COc1ccc(OC(C)=O)cc1[C@@H](C)O[C@@H](C)COC(C)=O. The van der Waals surface area contributed by atoms with Gasteiger partial charge in [-0.2, -0.15) is 0 Å². The van der Waals surface area contributed by atoms with Crippen molar-refractivity contribution < 1.29 is 28.5 Å². The van der Waals surface area contributed by atoms with Crippen LogP contribution in [0.5, 0.6) is 11.5 Å². The molecule has 0 saturated heterocycles. The van der Waals surface area contributed by atoms with Crippen molar-refractivity contribution in [2.75, 3.05) is 13.7 Å². The van der Waals surface area contributed by atoms with Crippen LogP contribution in [0.25, 0.3) is 0 Å². The van der Waals surface area contributed by atoms with E-state index in [1.165, 1.54) is 13.8 Å². The summed E-state index contributed by atoms with van der Waals surface area (Å²) in [7, 11) is 1.55. The predicted molar refractivity (Wildman–Crippen MR) is 79.9 cm³/mol. The lowest BCUT2D eigenvalue weighted by Crippen LogP contribution is -2.20. The number of rotatable bonds is 7. The summed E-state index contributed by atoms with van der Waals surface area (Å²) in [5.41, 5.74) is 0.746. The third-order valence-electron chi connectivity index (χ3n) is 2.86. The van der Waals surface area contributed by atoms with Crippen LogP contribution in [0, 0.1) is 0 Å². The normalized spacial score (nSPS) is 13.1. The number of hydrogen-bond acceptors (Lipinski definition) is 6. The third-order valence-corrected chi connectivity index (χ3v) is 2.86. The summed E-state index contributed by atoms with van der Waals surface area (Å²) >= 11 is 0. The van der Waals surface area contributed by atoms with Crippen LogP contribution >= 0.6 is 0 Å². The molecule has 0 bridgehead atoms. The number of carbonyl (C=O) groups excluding carboxylic acids is 2. The van der Waals surface area contributed by atoms with E-state index in [2.05, 4.69) is 0 Å². The van der Waals surface area contributed by atoms with Crippen LogP contribution in [-0.2, 0) is 19.1 Å². The highest BCUT2D eigenvalue weighted by Gasteiger charge is 2.17. The van der Waals surface area contributed by atoms with E-state index in [0.29, 0.717) is 11.5 Å². The van der Waals surface area contributed by atoms with Gasteiger partial charge in [0.2, 0.25) is 0 Å². The molecular formula is C16H22O6. The minimum absolute atomic E-state index is 0.172. The minimum Gasteiger partial charge on any atom is -0.496 e. The number of esters is 2. The molecule has 6 heteroatoms. The monoisotopic (exact) mass is 310 g/mol. The van der Waals surface area contributed by atoms with Gasteiger partial charge in [0.1, 0.15) is 18.1 Å². The second kappa shape index (κ2) is 8.38.